The zero-order chi connectivity index (χ0) is 13.9. The Labute approximate surface area is 114 Å². The highest BCUT2D eigenvalue weighted by Crippen LogP contribution is 2.13. The van der Waals surface area contributed by atoms with E-state index in [9.17, 15) is 9.59 Å². The first-order valence-electron chi connectivity index (χ1n) is 6.13. The van der Waals surface area contributed by atoms with Crippen LogP contribution in [-0.2, 0) is 0 Å². The van der Waals surface area contributed by atoms with Crippen molar-refractivity contribution in [1.82, 2.24) is 0 Å². The fourth-order valence-corrected chi connectivity index (χ4v) is 1.96. The summed E-state index contributed by atoms with van der Waals surface area (Å²) in [6, 6.07) is 17.6. The van der Waals surface area contributed by atoms with Gasteiger partial charge in [0.25, 0.3) is 5.91 Å². The topological polar surface area (TPSA) is 59.3 Å². The molecule has 20 heavy (non-hydrogen) atoms. The van der Waals surface area contributed by atoms with Crippen LogP contribution in [0, 0.1) is 0 Å². The van der Waals surface area contributed by atoms with E-state index in [0.29, 0.717) is 16.5 Å². The fourth-order valence-electron chi connectivity index (χ4n) is 1.96. The molecular weight excluding hydrogens is 254 g/mol. The van der Waals surface area contributed by atoms with Gasteiger partial charge in [0.2, 0.25) is 0 Å². The van der Waals surface area contributed by atoms with Gasteiger partial charge >= 0.3 is 5.63 Å². The van der Waals surface area contributed by atoms with E-state index in [-0.39, 0.29) is 5.76 Å². The number of para-hydroxylation sites is 1. The van der Waals surface area contributed by atoms with E-state index < -0.39 is 11.5 Å². The molecule has 1 aromatic heterocycles. The second-order valence-electron chi connectivity index (χ2n) is 4.31. The van der Waals surface area contributed by atoms with Crippen molar-refractivity contribution in [1.29, 1.82) is 0 Å². The van der Waals surface area contributed by atoms with Gasteiger partial charge in [-0.05, 0) is 29.7 Å². The smallest absolute Gasteiger partial charge is 0.344 e. The third kappa shape index (κ3) is 2.31. The minimum absolute atomic E-state index is 0.00227. The van der Waals surface area contributed by atoms with E-state index in [1.54, 1.807) is 42.5 Å². The first-order chi connectivity index (χ1) is 9.74. The van der Waals surface area contributed by atoms with Crippen molar-refractivity contribution >= 4 is 22.4 Å². The average molecular weight is 265 g/mol. The fraction of sp³-hybridized carbons (Fsp3) is 0. The Bertz CT molecular complexity index is 822. The molecule has 3 rings (SSSR count). The second kappa shape index (κ2) is 5.01. The van der Waals surface area contributed by atoms with Gasteiger partial charge in [-0.1, -0.05) is 36.4 Å². The van der Waals surface area contributed by atoms with Crippen molar-refractivity contribution in [2.75, 3.05) is 5.32 Å². The lowest BCUT2D eigenvalue weighted by atomic mass is 10.1. The van der Waals surface area contributed by atoms with Crippen LogP contribution >= 0.6 is 0 Å². The highest BCUT2D eigenvalue weighted by atomic mass is 16.4. The summed E-state index contributed by atoms with van der Waals surface area (Å²) in [6.07, 6.45) is 0. The van der Waals surface area contributed by atoms with Crippen LogP contribution < -0.4 is 10.9 Å². The number of carbonyl (C=O) groups excluding carboxylic acids is 1. The largest absolute Gasteiger partial charge is 0.417 e. The van der Waals surface area contributed by atoms with Crippen molar-refractivity contribution in [3.63, 3.8) is 0 Å². The van der Waals surface area contributed by atoms with E-state index in [4.69, 9.17) is 4.42 Å². The lowest BCUT2D eigenvalue weighted by Gasteiger charge is -2.04. The van der Waals surface area contributed by atoms with Crippen molar-refractivity contribution in [3.05, 3.63) is 76.8 Å². The standard InChI is InChI=1S/C16H11NO3/c18-15(17-12-7-2-1-3-8-12)14-10-11-6-4-5-9-13(11)16(19)20-14/h1-10H,(H,17,18). The first-order valence-corrected chi connectivity index (χ1v) is 6.13. The summed E-state index contributed by atoms with van der Waals surface area (Å²) in [5.41, 5.74) is 0.134. The highest BCUT2D eigenvalue weighted by Gasteiger charge is 2.11. The van der Waals surface area contributed by atoms with Gasteiger partial charge < -0.3 is 9.73 Å². The number of carbonyl (C=O) groups is 1. The van der Waals surface area contributed by atoms with E-state index in [2.05, 4.69) is 5.32 Å². The van der Waals surface area contributed by atoms with Crippen LogP contribution in [0.1, 0.15) is 10.6 Å². The van der Waals surface area contributed by atoms with Crippen molar-refractivity contribution in [2.24, 2.45) is 0 Å². The zero-order valence-electron chi connectivity index (χ0n) is 10.5. The van der Waals surface area contributed by atoms with Gasteiger partial charge in [-0.2, -0.15) is 0 Å². The Kier molecular flexibility index (Phi) is 3.05. The van der Waals surface area contributed by atoms with Gasteiger partial charge in [0.05, 0.1) is 5.39 Å². The molecule has 98 valence electrons. The van der Waals surface area contributed by atoms with Gasteiger partial charge in [-0.25, -0.2) is 4.79 Å². The number of fused-ring (bicyclic) bond motifs is 1. The maximum atomic E-state index is 12.1. The zero-order valence-corrected chi connectivity index (χ0v) is 10.5. The first kappa shape index (κ1) is 12.2. The quantitative estimate of drug-likeness (QED) is 0.774. The molecule has 3 aromatic rings. The Morgan fingerprint density at radius 3 is 2.45 bits per heavy atom. The van der Waals surface area contributed by atoms with Crippen LogP contribution in [0.2, 0.25) is 0 Å². The number of anilines is 1. The molecule has 0 radical (unpaired) electrons. The van der Waals surface area contributed by atoms with E-state index in [0.717, 1.165) is 0 Å². The minimum atomic E-state index is -0.513. The second-order valence-corrected chi connectivity index (χ2v) is 4.31. The van der Waals surface area contributed by atoms with Gasteiger partial charge in [0, 0.05) is 5.69 Å². The molecule has 0 saturated heterocycles. The van der Waals surface area contributed by atoms with Gasteiger partial charge in [0.1, 0.15) is 0 Å². The predicted molar refractivity (Wildman–Crippen MR) is 76.9 cm³/mol. The minimum Gasteiger partial charge on any atom is -0.417 e. The van der Waals surface area contributed by atoms with Crippen molar-refractivity contribution in [3.8, 4) is 0 Å². The van der Waals surface area contributed by atoms with E-state index >= 15 is 0 Å². The lowest BCUT2D eigenvalue weighted by Crippen LogP contribution is -2.14. The third-order valence-electron chi connectivity index (χ3n) is 2.93. The Morgan fingerprint density at radius 1 is 0.950 bits per heavy atom. The third-order valence-corrected chi connectivity index (χ3v) is 2.93. The Balaban J connectivity index is 1.98. The maximum absolute atomic E-state index is 12.1. The molecule has 1 heterocycles. The number of hydrogen-bond acceptors (Lipinski definition) is 3. The summed E-state index contributed by atoms with van der Waals surface area (Å²) in [4.78, 5) is 23.9. The van der Waals surface area contributed by atoms with Crippen LogP contribution in [0.15, 0.2) is 69.9 Å². The van der Waals surface area contributed by atoms with Crippen LogP contribution in [0.3, 0.4) is 0 Å². The molecular formula is C16H11NO3. The summed E-state index contributed by atoms with van der Waals surface area (Å²) in [6.45, 7) is 0. The van der Waals surface area contributed by atoms with Crippen molar-refractivity contribution < 1.29 is 9.21 Å². The molecule has 0 spiro atoms. The number of rotatable bonds is 2. The molecule has 0 atom stereocenters. The van der Waals surface area contributed by atoms with Crippen LogP contribution in [0.4, 0.5) is 5.69 Å². The lowest BCUT2D eigenvalue weighted by molar-refractivity contribution is 0.0993. The average Bonchev–Trinajstić information content (AvgIpc) is 2.48. The molecule has 0 unspecified atom stereocenters. The molecule has 1 amide bonds. The van der Waals surface area contributed by atoms with Crippen LogP contribution in [-0.4, -0.2) is 5.91 Å². The summed E-state index contributed by atoms with van der Waals surface area (Å²) < 4.78 is 5.06. The number of benzene rings is 2. The predicted octanol–water partition coefficient (Wildman–Crippen LogP) is 3.05. The molecule has 4 heteroatoms. The number of hydrogen-bond donors (Lipinski definition) is 1. The molecule has 2 aromatic carbocycles. The number of amides is 1. The van der Waals surface area contributed by atoms with Crippen LogP contribution in [0.25, 0.3) is 10.8 Å². The van der Waals surface area contributed by atoms with Crippen molar-refractivity contribution in [2.45, 2.75) is 0 Å². The maximum Gasteiger partial charge on any atom is 0.344 e. The molecule has 0 aliphatic rings. The summed E-state index contributed by atoms with van der Waals surface area (Å²) in [5, 5.41) is 3.82. The SMILES string of the molecule is O=C(Nc1ccccc1)c1cc2ccccc2c(=O)o1. The van der Waals surface area contributed by atoms with E-state index in [1.807, 2.05) is 18.2 Å². The van der Waals surface area contributed by atoms with Crippen LogP contribution in [0.5, 0.6) is 0 Å². The summed E-state index contributed by atoms with van der Waals surface area (Å²) >= 11 is 0. The number of nitrogens with one attached hydrogen (secondary N) is 1. The highest BCUT2D eigenvalue weighted by molar-refractivity contribution is 6.03. The molecule has 0 fully saturated rings. The monoisotopic (exact) mass is 265 g/mol. The normalized spacial score (nSPS) is 10.4. The molecule has 0 aliphatic heterocycles. The Morgan fingerprint density at radius 2 is 1.65 bits per heavy atom. The van der Waals surface area contributed by atoms with Gasteiger partial charge in [-0.15, -0.1) is 0 Å². The van der Waals surface area contributed by atoms with Gasteiger partial charge in [0.15, 0.2) is 5.76 Å². The molecule has 0 aliphatic carbocycles. The van der Waals surface area contributed by atoms with Gasteiger partial charge in [-0.3, -0.25) is 4.79 Å². The molecule has 0 saturated carbocycles. The molecule has 1 N–H and O–H groups in total. The molecule has 4 nitrogen and oxygen atoms in total. The summed E-state index contributed by atoms with van der Waals surface area (Å²) in [7, 11) is 0. The summed E-state index contributed by atoms with van der Waals surface area (Å²) in [5.74, 6) is -0.448. The Hall–Kier alpha value is -2.88. The molecule has 0 bridgehead atoms. The van der Waals surface area contributed by atoms with E-state index in [1.165, 1.54) is 0 Å².